The lowest BCUT2D eigenvalue weighted by atomic mass is 9.79. The highest BCUT2D eigenvalue weighted by Crippen LogP contribution is 2.51. The van der Waals surface area contributed by atoms with E-state index in [1.165, 1.54) is 14.2 Å². The van der Waals surface area contributed by atoms with Crippen molar-refractivity contribution in [2.24, 2.45) is 5.11 Å². The van der Waals surface area contributed by atoms with Crippen molar-refractivity contribution in [3.8, 4) is 11.1 Å². The zero-order valence-electron chi connectivity index (χ0n) is 18.1. The molecule has 1 aliphatic carbocycles. The minimum atomic E-state index is -1.48. The van der Waals surface area contributed by atoms with Crippen LogP contribution in [0.3, 0.4) is 0 Å². The third-order valence-corrected chi connectivity index (χ3v) is 5.92. The molecule has 0 fully saturated rings. The molecule has 8 nitrogen and oxygen atoms in total. The molecular formula is C25H22N4O4. The first-order valence-electron chi connectivity index (χ1n) is 10.3. The van der Waals surface area contributed by atoms with Crippen LogP contribution in [0, 0.1) is 0 Å². The van der Waals surface area contributed by atoms with E-state index in [0.717, 1.165) is 27.8 Å². The molecule has 2 atom stereocenters. The van der Waals surface area contributed by atoms with E-state index < -0.39 is 29.6 Å². The molecule has 0 heterocycles. The summed E-state index contributed by atoms with van der Waals surface area (Å²) in [5.74, 6) is -1.60. The molecule has 0 saturated carbocycles. The second-order valence-electron chi connectivity index (χ2n) is 7.53. The molecule has 0 bridgehead atoms. The first kappa shape index (κ1) is 22.1. The van der Waals surface area contributed by atoms with Gasteiger partial charge in [0.25, 0.3) is 0 Å². The van der Waals surface area contributed by atoms with Crippen LogP contribution in [-0.2, 0) is 24.6 Å². The fourth-order valence-electron chi connectivity index (χ4n) is 4.53. The molecule has 166 valence electrons. The SMILES string of the molecule is COC(=O)[C@@H](NC1(c2ccccc2)c2ccccc2-c2ccccc21)[C@@H](N=[N+]=[N-])C(=O)OC. The van der Waals surface area contributed by atoms with Gasteiger partial charge in [-0.25, -0.2) is 0 Å². The van der Waals surface area contributed by atoms with Gasteiger partial charge in [0, 0.05) is 4.91 Å². The third-order valence-electron chi connectivity index (χ3n) is 5.92. The Balaban J connectivity index is 2.01. The van der Waals surface area contributed by atoms with Crippen molar-refractivity contribution in [2.45, 2.75) is 17.6 Å². The van der Waals surface area contributed by atoms with Crippen LogP contribution in [0.25, 0.3) is 21.6 Å². The highest BCUT2D eigenvalue weighted by molar-refractivity contribution is 5.89. The Hall–Kier alpha value is -4.13. The van der Waals surface area contributed by atoms with Gasteiger partial charge in [-0.05, 0) is 33.3 Å². The Bertz CT molecular complexity index is 1190. The van der Waals surface area contributed by atoms with Gasteiger partial charge in [0.05, 0.1) is 19.8 Å². The maximum atomic E-state index is 13.0. The van der Waals surface area contributed by atoms with E-state index in [9.17, 15) is 9.59 Å². The average Bonchev–Trinajstić information content (AvgIpc) is 3.16. The standard InChI is InChI=1S/C25H22N4O4/c1-32-23(30)21(22(28-29-26)24(31)33-2)27-25(16-10-4-3-5-11-16)19-14-8-6-12-17(19)18-13-7-9-15-20(18)25/h3-15,21-22,27H,1-2H3/t21-,22+/m0/s1. The molecule has 33 heavy (non-hydrogen) atoms. The van der Waals surface area contributed by atoms with Crippen LogP contribution < -0.4 is 5.32 Å². The van der Waals surface area contributed by atoms with Crippen LogP contribution in [0.4, 0.5) is 0 Å². The number of methoxy groups -OCH3 is 2. The first-order chi connectivity index (χ1) is 16.1. The monoisotopic (exact) mass is 442 g/mol. The van der Waals surface area contributed by atoms with Crippen molar-refractivity contribution in [1.29, 1.82) is 0 Å². The Morgan fingerprint density at radius 2 is 1.36 bits per heavy atom. The lowest BCUT2D eigenvalue weighted by molar-refractivity contribution is -0.151. The quantitative estimate of drug-likeness (QED) is 0.258. The molecular weight excluding hydrogens is 420 g/mol. The molecule has 0 spiro atoms. The van der Waals surface area contributed by atoms with Crippen LogP contribution in [0.1, 0.15) is 16.7 Å². The summed E-state index contributed by atoms with van der Waals surface area (Å²) in [6.07, 6.45) is 0. The number of ether oxygens (including phenoxy) is 2. The third kappa shape index (κ3) is 3.61. The Kier molecular flexibility index (Phi) is 6.13. The highest BCUT2D eigenvalue weighted by atomic mass is 16.5. The molecule has 0 saturated heterocycles. The van der Waals surface area contributed by atoms with E-state index in [-0.39, 0.29) is 0 Å². The van der Waals surface area contributed by atoms with E-state index in [1.807, 2.05) is 78.9 Å². The summed E-state index contributed by atoms with van der Waals surface area (Å²) in [5, 5.41) is 6.95. The number of hydrogen-bond donors (Lipinski definition) is 1. The minimum absolute atomic E-state index is 0.755. The molecule has 3 aromatic carbocycles. The molecule has 1 N–H and O–H groups in total. The summed E-state index contributed by atoms with van der Waals surface area (Å²) < 4.78 is 9.84. The van der Waals surface area contributed by atoms with Crippen molar-refractivity contribution in [3.05, 3.63) is 106 Å². The smallest absolute Gasteiger partial charge is 0.323 e. The van der Waals surface area contributed by atoms with Crippen molar-refractivity contribution in [3.63, 3.8) is 0 Å². The largest absolute Gasteiger partial charge is 0.469 e. The zero-order valence-corrected chi connectivity index (χ0v) is 18.1. The van der Waals surface area contributed by atoms with Gasteiger partial charge in [-0.15, -0.1) is 0 Å². The molecule has 4 rings (SSSR count). The van der Waals surface area contributed by atoms with E-state index in [2.05, 4.69) is 15.3 Å². The number of carbonyl (C=O) groups excluding carboxylic acids is 2. The summed E-state index contributed by atoms with van der Waals surface area (Å²) >= 11 is 0. The Labute approximate surface area is 190 Å². The predicted octanol–water partition coefficient (Wildman–Crippen LogP) is 3.94. The molecule has 0 aromatic heterocycles. The second-order valence-corrected chi connectivity index (χ2v) is 7.53. The number of rotatable bonds is 7. The van der Waals surface area contributed by atoms with E-state index in [4.69, 9.17) is 15.0 Å². The normalized spacial score (nSPS) is 14.7. The summed E-state index contributed by atoms with van der Waals surface area (Å²) in [7, 11) is 2.39. The molecule has 0 amide bonds. The molecule has 1 aliphatic rings. The molecule has 3 aromatic rings. The van der Waals surface area contributed by atoms with Gasteiger partial charge in [-0.3, -0.25) is 14.9 Å². The second kappa shape index (κ2) is 9.16. The minimum Gasteiger partial charge on any atom is -0.469 e. The van der Waals surface area contributed by atoms with E-state index in [1.54, 1.807) is 0 Å². The van der Waals surface area contributed by atoms with Crippen molar-refractivity contribution in [2.75, 3.05) is 14.2 Å². The fourth-order valence-corrected chi connectivity index (χ4v) is 4.53. The summed E-state index contributed by atoms with van der Waals surface area (Å²) in [6, 6.07) is 22.5. The van der Waals surface area contributed by atoms with Crippen molar-refractivity contribution >= 4 is 11.9 Å². The number of nitrogens with zero attached hydrogens (tertiary/aromatic N) is 3. The number of azide groups is 1. The van der Waals surface area contributed by atoms with Crippen LogP contribution in [0.15, 0.2) is 84.0 Å². The summed E-state index contributed by atoms with van der Waals surface area (Å²) in [4.78, 5) is 28.3. The van der Waals surface area contributed by atoms with Gasteiger partial charge in [0.15, 0.2) is 6.04 Å². The van der Waals surface area contributed by atoms with Crippen LogP contribution in [0.5, 0.6) is 0 Å². The van der Waals surface area contributed by atoms with Gasteiger partial charge in [-0.1, -0.05) is 84.0 Å². The fraction of sp³-hybridized carbons (Fsp3) is 0.200. The average molecular weight is 442 g/mol. The Morgan fingerprint density at radius 1 is 0.848 bits per heavy atom. The van der Waals surface area contributed by atoms with Gasteiger partial charge < -0.3 is 9.47 Å². The number of benzene rings is 3. The number of esters is 2. The van der Waals surface area contributed by atoms with Crippen LogP contribution >= 0.6 is 0 Å². The topological polar surface area (TPSA) is 113 Å². The zero-order chi connectivity index (χ0) is 23.4. The number of carbonyl (C=O) groups is 2. The lowest BCUT2D eigenvalue weighted by Gasteiger charge is -2.38. The van der Waals surface area contributed by atoms with Crippen LogP contribution in [-0.4, -0.2) is 38.2 Å². The van der Waals surface area contributed by atoms with Gasteiger partial charge in [-0.2, -0.15) is 0 Å². The molecule has 0 aliphatic heterocycles. The summed E-state index contributed by atoms with van der Waals surface area (Å²) in [6.45, 7) is 0. The van der Waals surface area contributed by atoms with Gasteiger partial charge >= 0.3 is 11.9 Å². The molecule has 0 radical (unpaired) electrons. The maximum Gasteiger partial charge on any atom is 0.323 e. The highest BCUT2D eigenvalue weighted by Gasteiger charge is 2.49. The predicted molar refractivity (Wildman–Crippen MR) is 122 cm³/mol. The van der Waals surface area contributed by atoms with E-state index in [0.29, 0.717) is 0 Å². The maximum absolute atomic E-state index is 13.0. The van der Waals surface area contributed by atoms with E-state index >= 15 is 0 Å². The number of fused-ring (bicyclic) bond motifs is 3. The van der Waals surface area contributed by atoms with Crippen LogP contribution in [0.2, 0.25) is 0 Å². The van der Waals surface area contributed by atoms with Gasteiger partial charge in [0.1, 0.15) is 6.04 Å². The Morgan fingerprint density at radius 3 is 1.88 bits per heavy atom. The van der Waals surface area contributed by atoms with Crippen molar-refractivity contribution < 1.29 is 19.1 Å². The lowest BCUT2D eigenvalue weighted by Crippen LogP contribution is -2.58. The molecule has 8 heteroatoms. The number of hydrogen-bond acceptors (Lipinski definition) is 6. The van der Waals surface area contributed by atoms with Gasteiger partial charge in [0.2, 0.25) is 0 Å². The first-order valence-corrected chi connectivity index (χ1v) is 10.3. The summed E-state index contributed by atoms with van der Waals surface area (Å²) in [5.41, 5.74) is 12.7. The number of nitrogens with one attached hydrogen (secondary N) is 1. The van der Waals surface area contributed by atoms with Crippen molar-refractivity contribution in [1.82, 2.24) is 5.32 Å². The molecule has 0 unspecified atom stereocenters.